The molecule has 1 atom stereocenters. The Kier molecular flexibility index (Phi) is 8.60. The van der Waals surface area contributed by atoms with Gasteiger partial charge in [0, 0.05) is 42.2 Å². The molecule has 9 heteroatoms. The molecule has 1 aliphatic carbocycles. The fraction of sp³-hybridized carbons (Fsp3) is 0.474. The van der Waals surface area contributed by atoms with Crippen LogP contribution >= 0.6 is 24.8 Å². The van der Waals surface area contributed by atoms with Crippen LogP contribution in [0, 0.1) is 12.8 Å². The van der Waals surface area contributed by atoms with Crippen molar-refractivity contribution in [3.05, 3.63) is 46.1 Å². The van der Waals surface area contributed by atoms with E-state index in [1.54, 1.807) is 25.4 Å². The molecule has 2 heterocycles. The van der Waals surface area contributed by atoms with Crippen molar-refractivity contribution in [2.45, 2.75) is 45.1 Å². The second-order valence-corrected chi connectivity index (χ2v) is 7.16. The lowest BCUT2D eigenvalue weighted by atomic mass is 9.95. The first-order valence-electron chi connectivity index (χ1n) is 8.94. The van der Waals surface area contributed by atoms with E-state index in [-0.39, 0.29) is 48.2 Å². The molecule has 3 rings (SSSR count). The van der Waals surface area contributed by atoms with Crippen LogP contribution in [-0.4, -0.2) is 32.9 Å². The van der Waals surface area contributed by atoms with Crippen LogP contribution in [0.4, 0.5) is 0 Å². The Morgan fingerprint density at radius 1 is 1.39 bits per heavy atom. The van der Waals surface area contributed by atoms with Crippen molar-refractivity contribution >= 4 is 30.7 Å². The van der Waals surface area contributed by atoms with Gasteiger partial charge >= 0.3 is 0 Å². The van der Waals surface area contributed by atoms with Crippen LogP contribution in [0.3, 0.4) is 0 Å². The van der Waals surface area contributed by atoms with Gasteiger partial charge < -0.3 is 16.0 Å². The summed E-state index contributed by atoms with van der Waals surface area (Å²) in [4.78, 5) is 36.1. The number of aryl methyl sites for hydroxylation is 1. The van der Waals surface area contributed by atoms with Gasteiger partial charge in [-0.25, -0.2) is 4.98 Å². The zero-order chi connectivity index (χ0) is 18.7. The van der Waals surface area contributed by atoms with Crippen molar-refractivity contribution < 1.29 is 4.79 Å². The maximum Gasteiger partial charge on any atom is 0.254 e. The highest BCUT2D eigenvalue weighted by molar-refractivity contribution is 5.85. The predicted molar refractivity (Wildman–Crippen MR) is 114 cm³/mol. The molecule has 2 aromatic heterocycles. The number of amides is 1. The second kappa shape index (κ2) is 10.0. The summed E-state index contributed by atoms with van der Waals surface area (Å²) in [5.74, 6) is 0.861. The molecular weight excluding hydrogens is 401 g/mol. The van der Waals surface area contributed by atoms with Gasteiger partial charge in [0.1, 0.15) is 5.82 Å². The number of nitrogens with two attached hydrogens (primary N) is 1. The summed E-state index contributed by atoms with van der Waals surface area (Å²) < 4.78 is 0. The largest absolute Gasteiger partial charge is 0.349 e. The molecule has 2 aromatic rings. The third kappa shape index (κ3) is 5.53. The van der Waals surface area contributed by atoms with Crippen LogP contribution < -0.4 is 16.6 Å². The number of hydrogen-bond donors (Lipinski definition) is 3. The molecule has 1 saturated carbocycles. The Morgan fingerprint density at radius 3 is 2.64 bits per heavy atom. The molecule has 0 bridgehead atoms. The molecule has 0 spiro atoms. The lowest BCUT2D eigenvalue weighted by Crippen LogP contribution is -2.53. The highest BCUT2D eigenvalue weighted by Crippen LogP contribution is 2.39. The van der Waals surface area contributed by atoms with E-state index in [9.17, 15) is 9.59 Å². The number of carbonyl (C=O) groups is 1. The second-order valence-electron chi connectivity index (χ2n) is 7.16. The van der Waals surface area contributed by atoms with E-state index < -0.39 is 0 Å². The van der Waals surface area contributed by atoms with Crippen molar-refractivity contribution in [1.82, 2.24) is 20.3 Å². The summed E-state index contributed by atoms with van der Waals surface area (Å²) in [6.07, 6.45) is 6.10. The van der Waals surface area contributed by atoms with Crippen LogP contribution in [-0.2, 0) is 11.2 Å². The number of nitrogens with one attached hydrogen (secondary N) is 2. The first kappa shape index (κ1) is 24.1. The lowest BCUT2D eigenvalue weighted by Gasteiger charge is -2.29. The highest BCUT2D eigenvalue weighted by atomic mass is 35.5. The van der Waals surface area contributed by atoms with Crippen LogP contribution in [0.15, 0.2) is 29.3 Å². The number of aromatic nitrogens is 3. The highest BCUT2D eigenvalue weighted by Gasteiger charge is 2.41. The number of H-pyrrole nitrogens is 1. The molecule has 1 fully saturated rings. The van der Waals surface area contributed by atoms with Gasteiger partial charge in [-0.2, -0.15) is 0 Å². The van der Waals surface area contributed by atoms with E-state index in [1.807, 2.05) is 13.0 Å². The molecule has 4 N–H and O–H groups in total. The number of halogens is 2. The van der Waals surface area contributed by atoms with Gasteiger partial charge in [-0.05, 0) is 51.2 Å². The fourth-order valence-electron chi connectivity index (χ4n) is 3.20. The van der Waals surface area contributed by atoms with Crippen molar-refractivity contribution in [2.75, 3.05) is 6.54 Å². The quantitative estimate of drug-likeness (QED) is 0.626. The zero-order valence-corrected chi connectivity index (χ0v) is 17.7. The Bertz CT molecular complexity index is 855. The third-order valence-electron chi connectivity index (χ3n) is 5.09. The number of carbonyl (C=O) groups excluding carboxylic acids is 1. The molecule has 0 aliphatic heterocycles. The maximum absolute atomic E-state index is 12.4. The zero-order valence-electron chi connectivity index (χ0n) is 16.0. The van der Waals surface area contributed by atoms with Crippen molar-refractivity contribution in [2.24, 2.45) is 11.7 Å². The number of hydrogen-bond acceptors (Lipinski definition) is 5. The Morgan fingerprint density at radius 2 is 2.11 bits per heavy atom. The summed E-state index contributed by atoms with van der Waals surface area (Å²) in [6.45, 7) is 4.20. The molecule has 1 aliphatic rings. The van der Waals surface area contributed by atoms with E-state index in [1.165, 1.54) is 0 Å². The monoisotopic (exact) mass is 427 g/mol. The Labute approximate surface area is 176 Å². The smallest absolute Gasteiger partial charge is 0.254 e. The fourth-order valence-corrected chi connectivity index (χ4v) is 3.20. The van der Waals surface area contributed by atoms with Crippen LogP contribution in [0.1, 0.15) is 37.4 Å². The number of nitrogens with zero attached hydrogens (tertiary/aromatic N) is 2. The summed E-state index contributed by atoms with van der Waals surface area (Å²) >= 11 is 0. The van der Waals surface area contributed by atoms with Crippen molar-refractivity contribution in [3.8, 4) is 11.4 Å². The normalized spacial score (nSPS) is 15.0. The SMILES string of the molecule is Cc1nc(-c2cccnc2)[nH]c(=O)c1CCC(=O)NC(C)(CN)C1CC1.Cl.Cl. The summed E-state index contributed by atoms with van der Waals surface area (Å²) in [5.41, 5.74) is 7.19. The molecule has 0 radical (unpaired) electrons. The molecule has 7 nitrogen and oxygen atoms in total. The van der Waals surface area contributed by atoms with Gasteiger partial charge in [0.05, 0.1) is 5.54 Å². The minimum Gasteiger partial charge on any atom is -0.349 e. The molecule has 0 saturated heterocycles. The van der Waals surface area contributed by atoms with Gasteiger partial charge in [0.15, 0.2) is 0 Å². The van der Waals surface area contributed by atoms with Crippen molar-refractivity contribution in [1.29, 1.82) is 0 Å². The minimum absolute atomic E-state index is 0. The van der Waals surface area contributed by atoms with E-state index in [0.717, 1.165) is 18.4 Å². The maximum atomic E-state index is 12.4. The molecule has 154 valence electrons. The molecule has 0 aromatic carbocycles. The van der Waals surface area contributed by atoms with E-state index in [4.69, 9.17) is 5.73 Å². The molecule has 28 heavy (non-hydrogen) atoms. The summed E-state index contributed by atoms with van der Waals surface area (Å²) in [5, 5.41) is 3.05. The minimum atomic E-state index is -0.346. The topological polar surface area (TPSA) is 114 Å². The molecule has 1 unspecified atom stereocenters. The average Bonchev–Trinajstić information content (AvgIpc) is 3.47. The van der Waals surface area contributed by atoms with Crippen LogP contribution in [0.25, 0.3) is 11.4 Å². The summed E-state index contributed by atoms with van der Waals surface area (Å²) in [6, 6.07) is 3.63. The van der Waals surface area contributed by atoms with Gasteiger partial charge in [-0.15, -0.1) is 24.8 Å². The average molecular weight is 428 g/mol. The van der Waals surface area contributed by atoms with Crippen LogP contribution in [0.5, 0.6) is 0 Å². The van der Waals surface area contributed by atoms with Gasteiger partial charge in [0.25, 0.3) is 5.56 Å². The number of rotatable bonds is 7. The van der Waals surface area contributed by atoms with Gasteiger partial charge in [-0.3, -0.25) is 14.6 Å². The Hall–Kier alpha value is -1.96. The van der Waals surface area contributed by atoms with Gasteiger partial charge in [0.2, 0.25) is 5.91 Å². The molecular formula is C19H27Cl2N5O2. The first-order chi connectivity index (χ1) is 12.4. The van der Waals surface area contributed by atoms with Crippen LogP contribution in [0.2, 0.25) is 0 Å². The van der Waals surface area contributed by atoms with E-state index >= 15 is 0 Å². The standard InChI is InChI=1S/C19H25N5O2.2ClH/c1-12-15(7-8-16(25)24-19(2,11-20)14-5-6-14)18(26)23-17(22-12)13-4-3-9-21-10-13;;/h3-4,9-10,14H,5-8,11,20H2,1-2H3,(H,24,25)(H,22,23,26);2*1H. The molecule has 1 amide bonds. The lowest BCUT2D eigenvalue weighted by molar-refractivity contribution is -0.123. The van der Waals surface area contributed by atoms with Gasteiger partial charge in [-0.1, -0.05) is 0 Å². The summed E-state index contributed by atoms with van der Waals surface area (Å²) in [7, 11) is 0. The van der Waals surface area contributed by atoms with E-state index in [2.05, 4.69) is 20.3 Å². The Balaban J connectivity index is 0.00000196. The predicted octanol–water partition coefficient (Wildman–Crippen LogP) is 2.16. The number of aromatic amines is 1. The van der Waals surface area contributed by atoms with E-state index in [0.29, 0.717) is 36.0 Å². The third-order valence-corrected chi connectivity index (χ3v) is 5.09. The van der Waals surface area contributed by atoms with Crippen molar-refractivity contribution in [3.63, 3.8) is 0 Å². The number of pyridine rings is 1. The first-order valence-corrected chi connectivity index (χ1v) is 8.94.